The Morgan fingerprint density at radius 3 is 2.95 bits per heavy atom. The van der Waals surface area contributed by atoms with Crippen LogP contribution in [0.15, 0.2) is 18.2 Å². The molecule has 2 aromatic rings. The van der Waals surface area contributed by atoms with E-state index in [0.29, 0.717) is 5.13 Å². The molecular formula is C12H13N3O4S. The molecule has 0 aliphatic carbocycles. The zero-order valence-corrected chi connectivity index (χ0v) is 11.5. The summed E-state index contributed by atoms with van der Waals surface area (Å²) in [6.07, 6.45) is -0.121. The molecular weight excluding hydrogens is 282 g/mol. The van der Waals surface area contributed by atoms with Crippen molar-refractivity contribution in [3.63, 3.8) is 0 Å². The number of carboxylic acids is 1. The molecule has 20 heavy (non-hydrogen) atoms. The van der Waals surface area contributed by atoms with E-state index in [1.807, 2.05) is 6.07 Å². The number of anilines is 1. The minimum atomic E-state index is -0.961. The van der Waals surface area contributed by atoms with E-state index >= 15 is 0 Å². The maximum Gasteiger partial charge on any atom is 0.321 e. The summed E-state index contributed by atoms with van der Waals surface area (Å²) >= 11 is 1.32. The van der Waals surface area contributed by atoms with Crippen LogP contribution in [0.5, 0.6) is 5.75 Å². The molecule has 1 aromatic carbocycles. The molecule has 1 heterocycles. The van der Waals surface area contributed by atoms with Crippen molar-refractivity contribution in [2.24, 2.45) is 0 Å². The van der Waals surface area contributed by atoms with Crippen LogP contribution in [0.1, 0.15) is 6.42 Å². The fraction of sp³-hybridized carbons (Fsp3) is 0.250. The second kappa shape index (κ2) is 6.20. The summed E-state index contributed by atoms with van der Waals surface area (Å²) in [4.78, 5) is 26.1. The zero-order chi connectivity index (χ0) is 14.5. The number of hydrogen-bond donors (Lipinski definition) is 3. The van der Waals surface area contributed by atoms with Crippen molar-refractivity contribution in [3.8, 4) is 5.75 Å². The van der Waals surface area contributed by atoms with Crippen molar-refractivity contribution in [2.45, 2.75) is 6.42 Å². The van der Waals surface area contributed by atoms with Crippen LogP contribution in [-0.4, -0.2) is 35.7 Å². The third-order valence-corrected chi connectivity index (χ3v) is 3.37. The van der Waals surface area contributed by atoms with Gasteiger partial charge in [0, 0.05) is 6.54 Å². The van der Waals surface area contributed by atoms with Gasteiger partial charge in [0.2, 0.25) is 0 Å². The number of methoxy groups -OCH3 is 1. The van der Waals surface area contributed by atoms with Gasteiger partial charge in [-0.1, -0.05) is 11.3 Å². The van der Waals surface area contributed by atoms with Crippen LogP contribution < -0.4 is 15.4 Å². The van der Waals surface area contributed by atoms with E-state index in [4.69, 9.17) is 9.84 Å². The highest BCUT2D eigenvalue weighted by Crippen LogP contribution is 2.28. The van der Waals surface area contributed by atoms with Crippen LogP contribution in [-0.2, 0) is 4.79 Å². The smallest absolute Gasteiger partial charge is 0.321 e. The number of rotatable bonds is 5. The van der Waals surface area contributed by atoms with Gasteiger partial charge in [0.25, 0.3) is 0 Å². The van der Waals surface area contributed by atoms with Gasteiger partial charge in [-0.2, -0.15) is 0 Å². The van der Waals surface area contributed by atoms with Crippen molar-refractivity contribution in [1.29, 1.82) is 0 Å². The first-order valence-corrected chi connectivity index (χ1v) is 6.61. The highest BCUT2D eigenvalue weighted by Gasteiger charge is 2.08. The SMILES string of the molecule is COc1ccc2nc(NC(=O)NCCC(=O)O)sc2c1. The summed E-state index contributed by atoms with van der Waals surface area (Å²) in [5.74, 6) is -0.240. The molecule has 0 fully saturated rings. The van der Waals surface area contributed by atoms with Gasteiger partial charge >= 0.3 is 12.0 Å². The Hall–Kier alpha value is -2.35. The van der Waals surface area contributed by atoms with Crippen molar-refractivity contribution in [3.05, 3.63) is 18.2 Å². The number of aromatic nitrogens is 1. The molecule has 8 heteroatoms. The van der Waals surface area contributed by atoms with Gasteiger partial charge in [-0.25, -0.2) is 9.78 Å². The van der Waals surface area contributed by atoms with Crippen molar-refractivity contribution in [1.82, 2.24) is 10.3 Å². The average molecular weight is 295 g/mol. The second-order valence-corrected chi connectivity index (χ2v) is 4.91. The van der Waals surface area contributed by atoms with Crippen LogP contribution in [0.3, 0.4) is 0 Å². The third kappa shape index (κ3) is 3.58. The number of nitrogens with zero attached hydrogens (tertiary/aromatic N) is 1. The maximum absolute atomic E-state index is 11.5. The standard InChI is InChI=1S/C12H13N3O4S/c1-19-7-2-3-8-9(6-7)20-12(14-8)15-11(18)13-5-4-10(16)17/h2-3,6H,4-5H2,1H3,(H,16,17)(H2,13,14,15,18). The summed E-state index contributed by atoms with van der Waals surface area (Å²) in [6.45, 7) is 0.0693. The predicted molar refractivity (Wildman–Crippen MR) is 75.4 cm³/mol. The first-order chi connectivity index (χ1) is 9.58. The second-order valence-electron chi connectivity index (χ2n) is 3.88. The van der Waals surface area contributed by atoms with Crippen LogP contribution in [0.25, 0.3) is 10.2 Å². The molecule has 0 radical (unpaired) electrons. The van der Waals surface area contributed by atoms with E-state index in [2.05, 4.69) is 15.6 Å². The number of amides is 2. The lowest BCUT2D eigenvalue weighted by atomic mass is 10.3. The maximum atomic E-state index is 11.5. The number of benzene rings is 1. The minimum absolute atomic E-state index is 0.0693. The lowest BCUT2D eigenvalue weighted by Crippen LogP contribution is -2.30. The van der Waals surface area contributed by atoms with Gasteiger partial charge in [0.15, 0.2) is 5.13 Å². The molecule has 0 saturated heterocycles. The molecule has 0 unspecified atom stereocenters. The van der Waals surface area contributed by atoms with E-state index < -0.39 is 12.0 Å². The summed E-state index contributed by atoms with van der Waals surface area (Å²) in [5.41, 5.74) is 0.761. The molecule has 0 spiro atoms. The molecule has 0 bridgehead atoms. The highest BCUT2D eigenvalue weighted by molar-refractivity contribution is 7.22. The molecule has 0 aliphatic heterocycles. The van der Waals surface area contributed by atoms with Gasteiger partial charge in [-0.15, -0.1) is 0 Å². The molecule has 3 N–H and O–H groups in total. The average Bonchev–Trinajstić information content (AvgIpc) is 2.78. The minimum Gasteiger partial charge on any atom is -0.497 e. The van der Waals surface area contributed by atoms with Gasteiger partial charge in [0.05, 0.1) is 23.7 Å². The Morgan fingerprint density at radius 1 is 1.45 bits per heavy atom. The lowest BCUT2D eigenvalue weighted by molar-refractivity contribution is -0.136. The number of carboxylic acid groups (broad SMARTS) is 1. The van der Waals surface area contributed by atoms with Crippen molar-refractivity contribution in [2.75, 3.05) is 19.0 Å². The molecule has 0 saturated carbocycles. The Morgan fingerprint density at radius 2 is 2.25 bits per heavy atom. The van der Waals surface area contributed by atoms with Gasteiger partial charge in [0.1, 0.15) is 5.75 Å². The van der Waals surface area contributed by atoms with E-state index in [1.165, 1.54) is 11.3 Å². The summed E-state index contributed by atoms with van der Waals surface area (Å²) < 4.78 is 6.01. The molecule has 2 rings (SSSR count). The number of fused-ring (bicyclic) bond motifs is 1. The van der Waals surface area contributed by atoms with E-state index in [0.717, 1.165) is 16.0 Å². The van der Waals surface area contributed by atoms with Crippen LogP contribution >= 0.6 is 11.3 Å². The Labute approximate surface area is 118 Å². The highest BCUT2D eigenvalue weighted by atomic mass is 32.1. The fourth-order valence-electron chi connectivity index (χ4n) is 1.51. The van der Waals surface area contributed by atoms with E-state index in [-0.39, 0.29) is 13.0 Å². The largest absolute Gasteiger partial charge is 0.497 e. The first kappa shape index (κ1) is 14.1. The fourth-order valence-corrected chi connectivity index (χ4v) is 2.40. The molecule has 0 aliphatic rings. The monoisotopic (exact) mass is 295 g/mol. The number of urea groups is 1. The van der Waals surface area contributed by atoms with Crippen molar-refractivity contribution < 1.29 is 19.4 Å². The Balaban J connectivity index is 1.99. The lowest BCUT2D eigenvalue weighted by Gasteiger charge is -2.02. The molecule has 7 nitrogen and oxygen atoms in total. The van der Waals surface area contributed by atoms with Crippen LogP contribution in [0, 0.1) is 0 Å². The van der Waals surface area contributed by atoms with Crippen LogP contribution in [0.4, 0.5) is 9.93 Å². The van der Waals surface area contributed by atoms with E-state index in [1.54, 1.807) is 19.2 Å². The summed E-state index contributed by atoms with van der Waals surface area (Å²) in [7, 11) is 1.58. The summed E-state index contributed by atoms with van der Waals surface area (Å²) in [6, 6.07) is 4.95. The van der Waals surface area contributed by atoms with E-state index in [9.17, 15) is 9.59 Å². The number of carbonyl (C=O) groups excluding carboxylic acids is 1. The van der Waals surface area contributed by atoms with Gasteiger partial charge < -0.3 is 15.2 Å². The zero-order valence-electron chi connectivity index (χ0n) is 10.7. The molecule has 2 amide bonds. The Kier molecular flexibility index (Phi) is 4.36. The third-order valence-electron chi connectivity index (χ3n) is 2.44. The number of carbonyl (C=O) groups is 2. The molecule has 1 aromatic heterocycles. The number of aliphatic carboxylic acids is 1. The number of hydrogen-bond acceptors (Lipinski definition) is 5. The predicted octanol–water partition coefficient (Wildman–Crippen LogP) is 1.90. The van der Waals surface area contributed by atoms with Crippen molar-refractivity contribution >= 4 is 38.7 Å². The number of thiazole rings is 1. The van der Waals surface area contributed by atoms with Crippen LogP contribution in [0.2, 0.25) is 0 Å². The Bertz CT molecular complexity index is 641. The normalized spacial score (nSPS) is 10.2. The summed E-state index contributed by atoms with van der Waals surface area (Å²) in [5, 5.41) is 13.9. The molecule has 106 valence electrons. The topological polar surface area (TPSA) is 101 Å². The quantitative estimate of drug-likeness (QED) is 0.782. The van der Waals surface area contributed by atoms with Gasteiger partial charge in [-0.3, -0.25) is 10.1 Å². The molecule has 0 atom stereocenters. The first-order valence-electron chi connectivity index (χ1n) is 5.79. The van der Waals surface area contributed by atoms with Gasteiger partial charge in [-0.05, 0) is 18.2 Å². The number of nitrogens with one attached hydrogen (secondary N) is 2. The number of ether oxygens (including phenoxy) is 1.